The van der Waals surface area contributed by atoms with Gasteiger partial charge in [-0.1, -0.05) is 26.0 Å². The Morgan fingerprint density at radius 3 is 2.63 bits per heavy atom. The molecule has 7 nitrogen and oxygen atoms in total. The lowest BCUT2D eigenvalue weighted by Crippen LogP contribution is -2.44. The summed E-state index contributed by atoms with van der Waals surface area (Å²) in [6.07, 6.45) is 1.95. The number of hydrogen-bond acceptors (Lipinski definition) is 6. The van der Waals surface area contributed by atoms with Crippen molar-refractivity contribution < 1.29 is 28.3 Å². The summed E-state index contributed by atoms with van der Waals surface area (Å²) in [5.74, 6) is -1.43. The van der Waals surface area contributed by atoms with Crippen LogP contribution in [-0.4, -0.2) is 37.6 Å². The molecule has 0 saturated heterocycles. The first kappa shape index (κ1) is 20.5. The molecule has 0 unspecified atom stereocenters. The number of carbonyl (C=O) groups excluding carboxylic acids is 3. The normalized spacial score (nSPS) is 12.0. The van der Waals surface area contributed by atoms with Crippen LogP contribution in [0.25, 0.3) is 11.0 Å². The van der Waals surface area contributed by atoms with Crippen LogP contribution in [0.5, 0.6) is 0 Å². The van der Waals surface area contributed by atoms with Gasteiger partial charge in [-0.3, -0.25) is 9.59 Å². The zero-order valence-electron chi connectivity index (χ0n) is 16.0. The number of methoxy groups -OCH3 is 1. The van der Waals surface area contributed by atoms with Crippen molar-refractivity contribution in [1.29, 1.82) is 0 Å². The van der Waals surface area contributed by atoms with Crippen LogP contribution >= 0.6 is 0 Å². The van der Waals surface area contributed by atoms with Crippen LogP contribution in [0.4, 0.5) is 0 Å². The minimum atomic E-state index is -0.762. The van der Waals surface area contributed by atoms with E-state index in [0.717, 1.165) is 10.9 Å². The maximum atomic E-state index is 12.0. The second kappa shape index (κ2) is 9.21. The third kappa shape index (κ3) is 5.84. The van der Waals surface area contributed by atoms with Gasteiger partial charge in [0.15, 0.2) is 6.61 Å². The van der Waals surface area contributed by atoms with E-state index in [1.165, 1.54) is 13.4 Å². The lowest BCUT2D eigenvalue weighted by Gasteiger charge is -2.18. The van der Waals surface area contributed by atoms with E-state index in [4.69, 9.17) is 9.15 Å². The highest BCUT2D eigenvalue weighted by molar-refractivity contribution is 5.88. The fraction of sp³-hybridized carbons (Fsp3) is 0.450. The van der Waals surface area contributed by atoms with Gasteiger partial charge in [0.2, 0.25) is 0 Å². The lowest BCUT2D eigenvalue weighted by atomic mass is 10.0. The Bertz CT molecular complexity index is 823. The van der Waals surface area contributed by atoms with Gasteiger partial charge in [-0.15, -0.1) is 0 Å². The summed E-state index contributed by atoms with van der Waals surface area (Å²) in [4.78, 5) is 35.8. The van der Waals surface area contributed by atoms with Crippen molar-refractivity contribution in [1.82, 2.24) is 5.32 Å². The molecule has 0 saturated carbocycles. The monoisotopic (exact) mass is 375 g/mol. The number of hydrogen-bond donors (Lipinski definition) is 1. The molecule has 2 aromatic rings. The summed E-state index contributed by atoms with van der Waals surface area (Å²) in [5, 5.41) is 3.38. The third-order valence-electron chi connectivity index (χ3n) is 4.04. The van der Waals surface area contributed by atoms with E-state index in [0.29, 0.717) is 17.6 Å². The molecule has 0 aliphatic heterocycles. The van der Waals surface area contributed by atoms with Crippen LogP contribution in [0.2, 0.25) is 0 Å². The van der Waals surface area contributed by atoms with Gasteiger partial charge in [-0.2, -0.15) is 0 Å². The molecule has 0 fully saturated rings. The van der Waals surface area contributed by atoms with Crippen molar-refractivity contribution in [2.75, 3.05) is 13.7 Å². The Morgan fingerprint density at radius 2 is 1.96 bits per heavy atom. The van der Waals surface area contributed by atoms with Crippen molar-refractivity contribution in [3.05, 3.63) is 35.6 Å². The molecule has 1 N–H and O–H groups in total. The SMILES string of the molecule is COC(=O)[C@@H](CC(C)C)NC(=O)COC(=O)Cc1coc2cc(C)ccc12. The zero-order chi connectivity index (χ0) is 20.0. The Hall–Kier alpha value is -2.83. The van der Waals surface area contributed by atoms with Crippen LogP contribution in [0.15, 0.2) is 28.9 Å². The number of amides is 1. The number of benzene rings is 1. The minimum Gasteiger partial charge on any atom is -0.467 e. The predicted molar refractivity (Wildman–Crippen MR) is 99.0 cm³/mol. The first-order valence-electron chi connectivity index (χ1n) is 8.79. The van der Waals surface area contributed by atoms with Gasteiger partial charge in [0.25, 0.3) is 5.91 Å². The first-order valence-corrected chi connectivity index (χ1v) is 8.79. The second-order valence-electron chi connectivity index (χ2n) is 6.87. The van der Waals surface area contributed by atoms with Crippen molar-refractivity contribution in [2.45, 2.75) is 39.7 Å². The van der Waals surface area contributed by atoms with Gasteiger partial charge in [0, 0.05) is 10.9 Å². The van der Waals surface area contributed by atoms with E-state index in [2.05, 4.69) is 10.1 Å². The molecular formula is C20H25NO6. The highest BCUT2D eigenvalue weighted by atomic mass is 16.5. The molecule has 1 heterocycles. The van der Waals surface area contributed by atoms with E-state index in [1.807, 2.05) is 39.0 Å². The molecule has 7 heteroatoms. The number of nitrogens with one attached hydrogen (secondary N) is 1. The fourth-order valence-corrected chi connectivity index (χ4v) is 2.74. The molecule has 2 rings (SSSR count). The lowest BCUT2D eigenvalue weighted by molar-refractivity contribution is -0.150. The van der Waals surface area contributed by atoms with E-state index in [9.17, 15) is 14.4 Å². The molecule has 1 atom stereocenters. The molecule has 0 bridgehead atoms. The van der Waals surface area contributed by atoms with Gasteiger partial charge in [-0.05, 0) is 30.9 Å². The van der Waals surface area contributed by atoms with Crippen molar-refractivity contribution in [3.63, 3.8) is 0 Å². The summed E-state index contributed by atoms with van der Waals surface area (Å²) in [6.45, 7) is 5.35. The molecule has 146 valence electrons. The summed E-state index contributed by atoms with van der Waals surface area (Å²) in [6, 6.07) is 4.94. The molecule has 0 aliphatic rings. The summed E-state index contributed by atoms with van der Waals surface area (Å²) >= 11 is 0. The van der Waals surface area contributed by atoms with E-state index in [1.54, 1.807) is 0 Å². The number of rotatable bonds is 8. The highest BCUT2D eigenvalue weighted by Crippen LogP contribution is 2.22. The van der Waals surface area contributed by atoms with E-state index >= 15 is 0 Å². The largest absolute Gasteiger partial charge is 0.467 e. The first-order chi connectivity index (χ1) is 12.8. The Kier molecular flexibility index (Phi) is 6.98. The standard InChI is InChI=1S/C20H25NO6/c1-12(2)7-16(20(24)25-4)21-18(22)11-27-19(23)9-14-10-26-17-8-13(3)5-6-15(14)17/h5-6,8,10,12,16H,7,9,11H2,1-4H3,(H,21,22)/t16-/m1/s1. The summed E-state index contributed by atoms with van der Waals surface area (Å²) < 4.78 is 15.2. The fourth-order valence-electron chi connectivity index (χ4n) is 2.74. The average molecular weight is 375 g/mol. The molecule has 1 amide bonds. The van der Waals surface area contributed by atoms with Crippen molar-refractivity contribution >= 4 is 28.8 Å². The number of ether oxygens (including phenoxy) is 2. The maximum absolute atomic E-state index is 12.0. The van der Waals surface area contributed by atoms with Gasteiger partial charge >= 0.3 is 11.9 Å². The Balaban J connectivity index is 1.88. The summed E-state index contributed by atoms with van der Waals surface area (Å²) in [5.41, 5.74) is 2.46. The van der Waals surface area contributed by atoms with Crippen molar-refractivity contribution in [3.8, 4) is 0 Å². The van der Waals surface area contributed by atoms with Gasteiger partial charge in [0.05, 0.1) is 19.8 Å². The van der Waals surface area contributed by atoms with Crippen LogP contribution in [0.3, 0.4) is 0 Å². The number of esters is 2. The van der Waals surface area contributed by atoms with E-state index in [-0.39, 0.29) is 12.3 Å². The molecule has 27 heavy (non-hydrogen) atoms. The van der Waals surface area contributed by atoms with Gasteiger partial charge in [-0.25, -0.2) is 4.79 Å². The number of aryl methyl sites for hydroxylation is 1. The average Bonchev–Trinajstić information content (AvgIpc) is 3.00. The third-order valence-corrected chi connectivity index (χ3v) is 4.04. The number of furan rings is 1. The van der Waals surface area contributed by atoms with Gasteiger partial charge in [0.1, 0.15) is 11.6 Å². The topological polar surface area (TPSA) is 94.8 Å². The Morgan fingerprint density at radius 1 is 1.22 bits per heavy atom. The molecule has 1 aromatic carbocycles. The number of fused-ring (bicyclic) bond motifs is 1. The van der Waals surface area contributed by atoms with Crippen LogP contribution < -0.4 is 5.32 Å². The smallest absolute Gasteiger partial charge is 0.328 e. The Labute approximate surface area is 158 Å². The highest BCUT2D eigenvalue weighted by Gasteiger charge is 2.23. The molecule has 0 aliphatic carbocycles. The molecule has 0 spiro atoms. The van der Waals surface area contributed by atoms with Crippen LogP contribution in [-0.2, 0) is 30.3 Å². The molecular weight excluding hydrogens is 350 g/mol. The number of carbonyl (C=O) groups is 3. The maximum Gasteiger partial charge on any atom is 0.328 e. The van der Waals surface area contributed by atoms with Crippen LogP contribution in [0.1, 0.15) is 31.4 Å². The van der Waals surface area contributed by atoms with Crippen LogP contribution in [0, 0.1) is 12.8 Å². The van der Waals surface area contributed by atoms with Crippen molar-refractivity contribution in [2.24, 2.45) is 5.92 Å². The quantitative estimate of drug-likeness (QED) is 0.713. The molecule has 1 aromatic heterocycles. The van der Waals surface area contributed by atoms with Gasteiger partial charge < -0.3 is 19.2 Å². The second-order valence-corrected chi connectivity index (χ2v) is 6.87. The summed E-state index contributed by atoms with van der Waals surface area (Å²) in [7, 11) is 1.26. The zero-order valence-corrected chi connectivity index (χ0v) is 16.0. The minimum absolute atomic E-state index is 0.00420. The molecule has 0 radical (unpaired) electrons. The van der Waals surface area contributed by atoms with E-state index < -0.39 is 30.5 Å². The predicted octanol–water partition coefficient (Wildman–Crippen LogP) is 2.53.